The van der Waals surface area contributed by atoms with Crippen LogP contribution in [0.3, 0.4) is 0 Å². The van der Waals surface area contributed by atoms with E-state index < -0.39 is 11.6 Å². The fraction of sp³-hybridized carbons (Fsp3) is 0.333. The first-order valence-electron chi connectivity index (χ1n) is 6.81. The molecule has 0 amide bonds. The number of anilines is 1. The Hall–Kier alpha value is -1.75. The van der Waals surface area contributed by atoms with Crippen molar-refractivity contribution in [3.63, 3.8) is 0 Å². The third kappa shape index (κ3) is 3.88. The van der Waals surface area contributed by atoms with Crippen LogP contribution in [0.5, 0.6) is 0 Å². The maximum Gasteiger partial charge on any atom is 0.159 e. The Bertz CT molecular complexity index is 659. The lowest BCUT2D eigenvalue weighted by Crippen LogP contribution is -2.05. The molecule has 2 aromatic rings. The van der Waals surface area contributed by atoms with E-state index in [2.05, 4.69) is 15.3 Å². The molecule has 0 spiro atoms. The van der Waals surface area contributed by atoms with Gasteiger partial charge in [-0.25, -0.2) is 18.7 Å². The number of hydrogen-bond acceptors (Lipinski definition) is 3. The molecule has 1 aromatic heterocycles. The van der Waals surface area contributed by atoms with Gasteiger partial charge >= 0.3 is 0 Å². The molecule has 6 heteroatoms. The van der Waals surface area contributed by atoms with Crippen molar-refractivity contribution in [2.45, 2.75) is 25.8 Å². The number of nitrogens with one attached hydrogen (secondary N) is 1. The van der Waals surface area contributed by atoms with Crippen LogP contribution in [0.1, 0.15) is 24.2 Å². The van der Waals surface area contributed by atoms with E-state index in [-0.39, 0.29) is 0 Å². The van der Waals surface area contributed by atoms with Crippen LogP contribution in [-0.2, 0) is 13.0 Å². The van der Waals surface area contributed by atoms with Gasteiger partial charge in [0.25, 0.3) is 0 Å². The molecule has 0 bridgehead atoms. The van der Waals surface area contributed by atoms with Crippen molar-refractivity contribution in [1.29, 1.82) is 0 Å². The highest BCUT2D eigenvalue weighted by atomic mass is 35.5. The molecule has 0 aliphatic heterocycles. The average Bonchev–Trinajstić information content (AvgIpc) is 3.23. The van der Waals surface area contributed by atoms with Crippen LogP contribution < -0.4 is 5.32 Å². The fourth-order valence-electron chi connectivity index (χ4n) is 2.07. The molecule has 0 unspecified atom stereocenters. The molecule has 110 valence electrons. The summed E-state index contributed by atoms with van der Waals surface area (Å²) in [5.41, 5.74) is 0.632. The van der Waals surface area contributed by atoms with E-state index in [1.807, 2.05) is 0 Å². The Kier molecular flexibility index (Phi) is 4.01. The summed E-state index contributed by atoms with van der Waals surface area (Å²) in [7, 11) is 0. The lowest BCUT2D eigenvalue weighted by Gasteiger charge is -2.08. The molecule has 1 N–H and O–H groups in total. The number of halogens is 3. The van der Waals surface area contributed by atoms with Crippen molar-refractivity contribution in [3.8, 4) is 0 Å². The van der Waals surface area contributed by atoms with Gasteiger partial charge in [-0.15, -0.1) is 0 Å². The van der Waals surface area contributed by atoms with Gasteiger partial charge in [-0.2, -0.15) is 0 Å². The number of nitrogens with zero attached hydrogens (tertiary/aromatic N) is 2. The normalized spacial score (nSPS) is 14.2. The van der Waals surface area contributed by atoms with Crippen molar-refractivity contribution in [1.82, 2.24) is 9.97 Å². The molecule has 1 saturated carbocycles. The third-order valence-electron chi connectivity index (χ3n) is 3.37. The largest absolute Gasteiger partial charge is 0.366 e. The molecule has 3 rings (SSSR count). The van der Waals surface area contributed by atoms with Crippen molar-refractivity contribution in [3.05, 3.63) is 52.4 Å². The number of rotatable bonds is 5. The molecular formula is C15H14ClF2N3. The van der Waals surface area contributed by atoms with Crippen LogP contribution in [0.4, 0.5) is 14.6 Å². The Labute approximate surface area is 126 Å². The van der Waals surface area contributed by atoms with Crippen LogP contribution >= 0.6 is 11.6 Å². The van der Waals surface area contributed by atoms with Gasteiger partial charge in [0.1, 0.15) is 16.8 Å². The second-order valence-corrected chi connectivity index (χ2v) is 5.63. The summed E-state index contributed by atoms with van der Waals surface area (Å²) in [6.07, 6.45) is 3.27. The maximum atomic E-state index is 13.1. The Balaban J connectivity index is 1.68. The summed E-state index contributed by atoms with van der Waals surface area (Å²) in [5.74, 6) is 0.274. The molecule has 1 aliphatic rings. The Morgan fingerprint density at radius 2 is 1.95 bits per heavy atom. The first-order valence-corrected chi connectivity index (χ1v) is 7.19. The predicted molar refractivity (Wildman–Crippen MR) is 77.2 cm³/mol. The lowest BCUT2D eigenvalue weighted by atomic mass is 10.2. The molecule has 1 fully saturated rings. The summed E-state index contributed by atoms with van der Waals surface area (Å²) in [6, 6.07) is 5.42. The van der Waals surface area contributed by atoms with Crippen LogP contribution in [0.2, 0.25) is 5.15 Å². The number of aromatic nitrogens is 2. The topological polar surface area (TPSA) is 37.8 Å². The Morgan fingerprint density at radius 3 is 2.67 bits per heavy atom. The fourth-order valence-corrected chi connectivity index (χ4v) is 2.27. The molecule has 1 aromatic carbocycles. The Morgan fingerprint density at radius 1 is 1.14 bits per heavy atom. The van der Waals surface area contributed by atoms with Gasteiger partial charge in [0.15, 0.2) is 11.6 Å². The minimum Gasteiger partial charge on any atom is -0.366 e. The van der Waals surface area contributed by atoms with E-state index in [1.165, 1.54) is 18.9 Å². The first-order chi connectivity index (χ1) is 10.1. The number of hydrogen-bond donors (Lipinski definition) is 1. The minimum absolute atomic E-state index is 0.341. The summed E-state index contributed by atoms with van der Waals surface area (Å²) in [6.45, 7) is 0.341. The summed E-state index contributed by atoms with van der Waals surface area (Å²) in [5, 5.41) is 3.44. The van der Waals surface area contributed by atoms with Gasteiger partial charge in [-0.3, -0.25) is 0 Å². The summed E-state index contributed by atoms with van der Waals surface area (Å²) in [4.78, 5) is 8.59. The minimum atomic E-state index is -0.857. The van der Waals surface area contributed by atoms with Crippen molar-refractivity contribution in [2.75, 3.05) is 5.32 Å². The van der Waals surface area contributed by atoms with Crippen LogP contribution in [0.25, 0.3) is 0 Å². The molecule has 0 radical (unpaired) electrons. The zero-order valence-electron chi connectivity index (χ0n) is 11.2. The smallest absolute Gasteiger partial charge is 0.159 e. The standard InChI is InChI=1S/C15H14ClF2N3/c16-13-7-14(21-15(20-13)6-9-1-2-9)19-8-10-3-4-11(17)12(18)5-10/h3-5,7,9H,1-2,6,8H2,(H,19,20,21). The predicted octanol–water partition coefficient (Wildman–Crippen LogP) is 3.97. The molecule has 0 atom stereocenters. The van der Waals surface area contributed by atoms with Gasteiger partial charge in [0, 0.05) is 19.0 Å². The van der Waals surface area contributed by atoms with Crippen LogP contribution in [-0.4, -0.2) is 9.97 Å². The lowest BCUT2D eigenvalue weighted by molar-refractivity contribution is 0.507. The van der Waals surface area contributed by atoms with E-state index in [4.69, 9.17) is 11.6 Å². The SMILES string of the molecule is Fc1ccc(CNc2cc(Cl)nc(CC3CC3)n2)cc1F. The van der Waals surface area contributed by atoms with Crippen molar-refractivity contribution in [2.24, 2.45) is 5.92 Å². The zero-order chi connectivity index (χ0) is 14.8. The molecule has 1 aliphatic carbocycles. The first kappa shape index (κ1) is 14.2. The molecule has 3 nitrogen and oxygen atoms in total. The van der Waals surface area contributed by atoms with Crippen molar-refractivity contribution < 1.29 is 8.78 Å². The molecule has 1 heterocycles. The van der Waals surface area contributed by atoms with Crippen molar-refractivity contribution >= 4 is 17.4 Å². The van der Waals surface area contributed by atoms with Gasteiger partial charge < -0.3 is 5.32 Å². The third-order valence-corrected chi connectivity index (χ3v) is 3.56. The van der Waals surface area contributed by atoms with E-state index >= 15 is 0 Å². The second-order valence-electron chi connectivity index (χ2n) is 5.24. The average molecular weight is 310 g/mol. The van der Waals surface area contributed by atoms with E-state index in [1.54, 1.807) is 6.07 Å². The van der Waals surface area contributed by atoms with E-state index in [0.29, 0.717) is 29.0 Å². The van der Waals surface area contributed by atoms with Gasteiger partial charge in [-0.05, 0) is 36.5 Å². The van der Waals surface area contributed by atoms with Gasteiger partial charge in [0.2, 0.25) is 0 Å². The summed E-state index contributed by atoms with van der Waals surface area (Å²) < 4.78 is 26.0. The second kappa shape index (κ2) is 5.93. The number of benzene rings is 1. The zero-order valence-corrected chi connectivity index (χ0v) is 12.0. The highest BCUT2D eigenvalue weighted by molar-refractivity contribution is 6.29. The molecule has 21 heavy (non-hydrogen) atoms. The van der Waals surface area contributed by atoms with Crippen LogP contribution in [0.15, 0.2) is 24.3 Å². The maximum absolute atomic E-state index is 13.1. The van der Waals surface area contributed by atoms with Crippen LogP contribution in [0, 0.1) is 17.6 Å². The van der Waals surface area contributed by atoms with Gasteiger partial charge in [0.05, 0.1) is 0 Å². The van der Waals surface area contributed by atoms with E-state index in [0.717, 1.165) is 24.4 Å². The van der Waals surface area contributed by atoms with Gasteiger partial charge in [-0.1, -0.05) is 17.7 Å². The monoisotopic (exact) mass is 309 g/mol. The highest BCUT2D eigenvalue weighted by Crippen LogP contribution is 2.32. The highest BCUT2D eigenvalue weighted by Gasteiger charge is 2.23. The summed E-state index contributed by atoms with van der Waals surface area (Å²) >= 11 is 5.98. The van der Waals surface area contributed by atoms with E-state index in [9.17, 15) is 8.78 Å². The molecule has 0 saturated heterocycles. The quantitative estimate of drug-likeness (QED) is 0.849. The molecular weight excluding hydrogens is 296 g/mol.